The van der Waals surface area contributed by atoms with Crippen molar-refractivity contribution in [1.82, 2.24) is 15.0 Å². The van der Waals surface area contributed by atoms with Crippen LogP contribution in [0.2, 0.25) is 0 Å². The quantitative estimate of drug-likeness (QED) is 0.101. The van der Waals surface area contributed by atoms with E-state index in [1.807, 2.05) is 12.1 Å². The number of pyridine rings is 1. The van der Waals surface area contributed by atoms with E-state index in [2.05, 4.69) is 18.2 Å². The van der Waals surface area contributed by atoms with Gasteiger partial charge in [0.2, 0.25) is 0 Å². The van der Waals surface area contributed by atoms with Gasteiger partial charge in [0.1, 0.15) is 23.2 Å². The molecule has 11 heteroatoms. The summed E-state index contributed by atoms with van der Waals surface area (Å²) in [4.78, 5) is 15.1. The Morgan fingerprint density at radius 1 is 0.444 bits per heavy atom. The van der Waals surface area contributed by atoms with Crippen LogP contribution in [0, 0.1) is 68.6 Å². The molecule has 0 aliphatic rings. The fourth-order valence-electron chi connectivity index (χ4n) is 6.55. The van der Waals surface area contributed by atoms with E-state index in [9.17, 15) is 24.6 Å². The molecule has 0 spiro atoms. The van der Waals surface area contributed by atoms with E-state index in [4.69, 9.17) is 20.2 Å². The molecule has 2 aromatic heterocycles. The number of halogens is 4. The average Bonchev–Trinajstić information content (AvgIpc) is 3.22. The van der Waals surface area contributed by atoms with Gasteiger partial charge < -0.3 is 0 Å². The van der Waals surface area contributed by atoms with Crippen LogP contribution in [0.3, 0.4) is 0 Å². The van der Waals surface area contributed by atoms with Gasteiger partial charge in [-0.3, -0.25) is 0 Å². The molecule has 252 valence electrons. The molecule has 0 amide bonds. The molecule has 54 heavy (non-hydrogen) atoms. The topological polar surface area (TPSA) is 134 Å². The van der Waals surface area contributed by atoms with Crippen molar-refractivity contribution in [2.45, 2.75) is 0 Å². The maximum Gasteiger partial charge on any atom is 0.180 e. The Morgan fingerprint density at radius 2 is 1.02 bits per heavy atom. The summed E-state index contributed by atoms with van der Waals surface area (Å²) in [5, 5.41) is 40.1. The minimum atomic E-state index is -1.81. The molecular formula is C43H17F4N7. The summed E-state index contributed by atoms with van der Waals surface area (Å²) in [7, 11) is 0. The first-order chi connectivity index (χ1) is 26.3. The van der Waals surface area contributed by atoms with Gasteiger partial charge in [0.05, 0.1) is 62.5 Å². The Balaban J connectivity index is 1.47. The highest BCUT2D eigenvalue weighted by Crippen LogP contribution is 2.41. The number of nitrogens with zero attached hydrogens (tertiary/aromatic N) is 7. The second kappa shape index (κ2) is 13.0. The van der Waals surface area contributed by atoms with Crippen LogP contribution in [-0.4, -0.2) is 15.0 Å². The van der Waals surface area contributed by atoms with Crippen molar-refractivity contribution in [3.05, 3.63) is 149 Å². The van der Waals surface area contributed by atoms with E-state index < -0.39 is 34.4 Å². The zero-order valence-electron chi connectivity index (χ0n) is 27.5. The number of para-hydroxylation sites is 1. The largest absolute Gasteiger partial charge is 0.247 e. The third-order valence-corrected chi connectivity index (χ3v) is 9.10. The van der Waals surface area contributed by atoms with Crippen LogP contribution < -0.4 is 0 Å². The van der Waals surface area contributed by atoms with Gasteiger partial charge >= 0.3 is 0 Å². The van der Waals surface area contributed by atoms with Crippen LogP contribution in [0.15, 0.2) is 103 Å². The fourth-order valence-corrected chi connectivity index (χ4v) is 6.55. The molecule has 0 aliphatic carbocycles. The summed E-state index contributed by atoms with van der Waals surface area (Å²) in [6, 6.07) is 35.5. The summed E-state index contributed by atoms with van der Waals surface area (Å²) in [6.07, 6.45) is 0. The van der Waals surface area contributed by atoms with Crippen molar-refractivity contribution in [2.24, 2.45) is 0 Å². The van der Waals surface area contributed by atoms with E-state index in [-0.39, 0.29) is 22.3 Å². The molecule has 0 saturated carbocycles. The lowest BCUT2D eigenvalue weighted by atomic mass is 9.93. The molecule has 7 nitrogen and oxygen atoms in total. The van der Waals surface area contributed by atoms with Crippen molar-refractivity contribution >= 4 is 32.7 Å². The molecule has 0 bridgehead atoms. The number of aromatic nitrogens is 3. The summed E-state index contributed by atoms with van der Waals surface area (Å²) < 4.78 is 59.9. The van der Waals surface area contributed by atoms with Crippen LogP contribution in [0.4, 0.5) is 17.6 Å². The van der Waals surface area contributed by atoms with Gasteiger partial charge in [0, 0.05) is 32.8 Å². The van der Waals surface area contributed by atoms with Crippen molar-refractivity contribution < 1.29 is 17.6 Å². The van der Waals surface area contributed by atoms with Crippen LogP contribution in [0.25, 0.3) is 77.6 Å². The normalized spacial score (nSPS) is 10.9. The minimum absolute atomic E-state index is 0.133. The highest BCUT2D eigenvalue weighted by molar-refractivity contribution is 6.22. The van der Waals surface area contributed by atoms with E-state index >= 15 is 8.78 Å². The minimum Gasteiger partial charge on any atom is -0.247 e. The van der Waals surface area contributed by atoms with Crippen LogP contribution in [-0.2, 0) is 0 Å². The van der Waals surface area contributed by atoms with Crippen molar-refractivity contribution in [1.29, 1.82) is 21.0 Å². The molecule has 0 fully saturated rings. The van der Waals surface area contributed by atoms with Crippen molar-refractivity contribution in [2.75, 3.05) is 0 Å². The number of hydrogen-bond acceptors (Lipinski definition) is 7. The zero-order chi connectivity index (χ0) is 37.7. The van der Waals surface area contributed by atoms with Gasteiger partial charge in [0.15, 0.2) is 23.3 Å². The molecule has 0 unspecified atom stereocenters. The lowest BCUT2D eigenvalue weighted by Crippen LogP contribution is -2.04. The molecule has 0 radical (unpaired) electrons. The van der Waals surface area contributed by atoms with Gasteiger partial charge in [-0.15, -0.1) is 0 Å². The molecule has 6 aromatic carbocycles. The first-order valence-electron chi connectivity index (χ1n) is 16.1. The maximum absolute atomic E-state index is 15.2. The monoisotopic (exact) mass is 707 g/mol. The second-order valence-corrected chi connectivity index (χ2v) is 12.1. The molecule has 8 aromatic rings. The Hall–Kier alpha value is -7.99. The number of benzene rings is 6. The maximum atomic E-state index is 15.2. The summed E-state index contributed by atoms with van der Waals surface area (Å²) in [6.45, 7) is 0. The lowest BCUT2D eigenvalue weighted by molar-refractivity contribution is 0.454. The number of rotatable bonds is 4. The Bertz CT molecular complexity index is 3050. The third-order valence-electron chi connectivity index (χ3n) is 9.10. The predicted molar refractivity (Wildman–Crippen MR) is 193 cm³/mol. The van der Waals surface area contributed by atoms with Gasteiger partial charge in [-0.05, 0) is 48.0 Å². The van der Waals surface area contributed by atoms with Gasteiger partial charge in [-0.25, -0.2) is 32.5 Å². The predicted octanol–water partition coefficient (Wildman–Crippen LogP) is 10.0. The highest BCUT2D eigenvalue weighted by atomic mass is 19.2. The van der Waals surface area contributed by atoms with E-state index in [0.29, 0.717) is 66.4 Å². The average molecular weight is 708 g/mol. The van der Waals surface area contributed by atoms with Gasteiger partial charge in [-0.2, -0.15) is 21.0 Å². The summed E-state index contributed by atoms with van der Waals surface area (Å²) >= 11 is 0. The molecular weight excluding hydrogens is 691 g/mol. The van der Waals surface area contributed by atoms with E-state index in [1.54, 1.807) is 72.8 Å². The van der Waals surface area contributed by atoms with Crippen LogP contribution in [0.1, 0.15) is 22.3 Å². The first kappa shape index (κ1) is 33.2. The zero-order valence-corrected chi connectivity index (χ0v) is 27.5. The molecule has 0 saturated heterocycles. The summed E-state index contributed by atoms with van der Waals surface area (Å²) in [5.74, 6) is -7.07. The van der Waals surface area contributed by atoms with Gasteiger partial charge in [0.25, 0.3) is 0 Å². The molecule has 0 aliphatic heterocycles. The van der Waals surface area contributed by atoms with Gasteiger partial charge in [-0.1, -0.05) is 60.7 Å². The third kappa shape index (κ3) is 5.21. The Morgan fingerprint density at radius 3 is 1.59 bits per heavy atom. The Labute approximate surface area is 303 Å². The number of hydrogen-bond donors (Lipinski definition) is 0. The fraction of sp³-hybridized carbons (Fsp3) is 0. The van der Waals surface area contributed by atoms with Crippen LogP contribution in [0.5, 0.6) is 0 Å². The molecule has 8 rings (SSSR count). The van der Waals surface area contributed by atoms with Crippen molar-refractivity contribution in [3.63, 3.8) is 0 Å². The Kier molecular flexibility index (Phi) is 7.96. The molecule has 2 heterocycles. The van der Waals surface area contributed by atoms with E-state index in [0.717, 1.165) is 6.07 Å². The molecule has 0 N–H and O–H groups in total. The standard InChI is InChI=1S/C43H17F4N7/c44-35-31(21-51)36(45)38(47)33(37(35)46)26-4-3-5-27(16-26)39-30-17-28(20-50)42-43(34(30)29-6-1-2-7-32(29)52-39)54-41(25-14-10-23(19-49)11-15-25)40(53-42)24-12-8-22(18-48)9-13-24/h1-17H. The highest BCUT2D eigenvalue weighted by Gasteiger charge is 2.27. The smallest absolute Gasteiger partial charge is 0.180 e. The van der Waals surface area contributed by atoms with E-state index in [1.165, 1.54) is 18.2 Å². The summed E-state index contributed by atoms with van der Waals surface area (Å²) in [5.41, 5.74) is 2.19. The molecule has 0 atom stereocenters. The number of nitriles is 4. The SMILES string of the molecule is N#Cc1ccc(-c2nc3c(C#N)cc4c(-c5cccc(-c6c(F)c(F)c(C#N)c(F)c6F)c5)nc5ccccc5c4c3nc2-c2ccc(C#N)cc2)cc1. The lowest BCUT2D eigenvalue weighted by Gasteiger charge is -2.16. The first-order valence-corrected chi connectivity index (χ1v) is 16.1. The van der Waals surface area contributed by atoms with Crippen LogP contribution >= 0.6 is 0 Å². The number of fused-ring (bicyclic) bond motifs is 5. The second-order valence-electron chi connectivity index (χ2n) is 12.1. The van der Waals surface area contributed by atoms with Crippen molar-refractivity contribution in [3.8, 4) is 69.2 Å².